The van der Waals surface area contributed by atoms with Gasteiger partial charge in [-0.05, 0) is 14.0 Å². The van der Waals surface area contributed by atoms with Crippen molar-refractivity contribution < 1.29 is 14.3 Å². The number of hydrogen-bond donors (Lipinski definition) is 3. The minimum absolute atomic E-state index is 0.0672. The lowest BCUT2D eigenvalue weighted by atomic mass is 10.2. The van der Waals surface area contributed by atoms with Crippen molar-refractivity contribution in [2.45, 2.75) is 19.1 Å². The van der Waals surface area contributed by atoms with Gasteiger partial charge in [-0.3, -0.25) is 15.0 Å². The number of morpholine rings is 1. The number of urea groups is 1. The molecule has 2 unspecified atom stereocenters. The summed E-state index contributed by atoms with van der Waals surface area (Å²) in [5.74, 6) is -0.399. The van der Waals surface area contributed by atoms with Gasteiger partial charge >= 0.3 is 6.03 Å². The third kappa shape index (κ3) is 4.68. The normalized spacial score (nSPS) is 22.2. The zero-order valence-corrected chi connectivity index (χ0v) is 10.2. The van der Waals surface area contributed by atoms with Crippen molar-refractivity contribution in [3.05, 3.63) is 0 Å². The molecule has 0 spiro atoms. The molecule has 0 bridgehead atoms. The van der Waals surface area contributed by atoms with Crippen LogP contribution in [-0.2, 0) is 9.53 Å². The fraction of sp³-hybridized carbons (Fsp3) is 0.800. The second-order valence-electron chi connectivity index (χ2n) is 4.17. The summed E-state index contributed by atoms with van der Waals surface area (Å²) in [4.78, 5) is 23.9. The van der Waals surface area contributed by atoms with Crippen LogP contribution in [0.5, 0.6) is 0 Å². The molecule has 1 aliphatic rings. The van der Waals surface area contributed by atoms with Gasteiger partial charge in [-0.2, -0.15) is 0 Å². The maximum atomic E-state index is 11.5. The Bertz CT molecular complexity index is 279. The Morgan fingerprint density at radius 2 is 2.35 bits per heavy atom. The van der Waals surface area contributed by atoms with Crippen molar-refractivity contribution >= 4 is 11.9 Å². The number of nitrogens with zero attached hydrogens (tertiary/aromatic N) is 1. The number of hydrogen-bond acceptors (Lipinski definition) is 5. The Morgan fingerprint density at radius 1 is 1.65 bits per heavy atom. The molecule has 0 aromatic heterocycles. The summed E-state index contributed by atoms with van der Waals surface area (Å²) in [6.07, 6.45) is 0.0672. The van der Waals surface area contributed by atoms with Crippen LogP contribution < -0.4 is 16.4 Å². The fourth-order valence-corrected chi connectivity index (χ4v) is 1.64. The van der Waals surface area contributed by atoms with Crippen molar-refractivity contribution in [3.63, 3.8) is 0 Å². The van der Waals surface area contributed by atoms with Gasteiger partial charge < -0.3 is 15.8 Å². The largest absolute Gasteiger partial charge is 0.374 e. The molecule has 0 saturated carbocycles. The highest BCUT2D eigenvalue weighted by atomic mass is 16.5. The van der Waals surface area contributed by atoms with E-state index in [0.29, 0.717) is 13.2 Å². The summed E-state index contributed by atoms with van der Waals surface area (Å²) in [5, 5.41) is 5.28. The average Bonchev–Trinajstić information content (AvgIpc) is 2.28. The van der Waals surface area contributed by atoms with Gasteiger partial charge in [0, 0.05) is 19.6 Å². The van der Waals surface area contributed by atoms with Crippen molar-refractivity contribution in [1.29, 1.82) is 0 Å². The molecule has 1 rings (SSSR count). The lowest BCUT2D eigenvalue weighted by Crippen LogP contribution is -2.51. The van der Waals surface area contributed by atoms with E-state index >= 15 is 0 Å². The molecule has 4 N–H and O–H groups in total. The van der Waals surface area contributed by atoms with Crippen LogP contribution in [0.3, 0.4) is 0 Å². The Hall–Kier alpha value is -1.18. The molecule has 7 nitrogen and oxygen atoms in total. The Kier molecular flexibility index (Phi) is 5.33. The van der Waals surface area contributed by atoms with E-state index in [1.165, 1.54) is 0 Å². The van der Waals surface area contributed by atoms with Crippen molar-refractivity contribution in [2.24, 2.45) is 5.73 Å². The van der Waals surface area contributed by atoms with Crippen molar-refractivity contribution in [2.75, 3.05) is 33.3 Å². The van der Waals surface area contributed by atoms with Crippen LogP contribution in [0.25, 0.3) is 0 Å². The first kappa shape index (κ1) is 13.9. The number of primary amides is 1. The topological polar surface area (TPSA) is 96.7 Å². The molecule has 0 aromatic rings. The number of carbonyl (C=O) groups excluding carboxylic acids is 2. The van der Waals surface area contributed by atoms with E-state index < -0.39 is 18.0 Å². The zero-order chi connectivity index (χ0) is 12.8. The van der Waals surface area contributed by atoms with Gasteiger partial charge in [-0.15, -0.1) is 0 Å². The van der Waals surface area contributed by atoms with E-state index in [-0.39, 0.29) is 6.10 Å². The molecule has 0 aromatic carbocycles. The van der Waals surface area contributed by atoms with E-state index in [2.05, 4.69) is 10.6 Å². The molecular weight excluding hydrogens is 224 g/mol. The third-order valence-corrected chi connectivity index (χ3v) is 2.78. The van der Waals surface area contributed by atoms with Gasteiger partial charge in [0.25, 0.3) is 0 Å². The highest BCUT2D eigenvalue weighted by Gasteiger charge is 2.23. The van der Waals surface area contributed by atoms with Crippen LogP contribution >= 0.6 is 0 Å². The number of ether oxygens (including phenoxy) is 1. The summed E-state index contributed by atoms with van der Waals surface area (Å²) in [7, 11) is 1.81. The van der Waals surface area contributed by atoms with Crippen molar-refractivity contribution in [3.8, 4) is 0 Å². The van der Waals surface area contributed by atoms with Gasteiger partial charge in [0.2, 0.25) is 5.91 Å². The monoisotopic (exact) mass is 244 g/mol. The molecule has 7 heteroatoms. The summed E-state index contributed by atoms with van der Waals surface area (Å²) >= 11 is 0. The number of nitrogens with two attached hydrogens (primary N) is 1. The second kappa shape index (κ2) is 6.53. The quantitative estimate of drug-likeness (QED) is 0.558. The van der Waals surface area contributed by atoms with Crippen molar-refractivity contribution in [1.82, 2.24) is 15.5 Å². The number of imide groups is 1. The molecule has 1 aliphatic heterocycles. The standard InChI is InChI=1S/C10H20N4O3/c1-7(9(15)13-10(11)16)14(2)6-8-5-12-3-4-17-8/h7-8,12H,3-6H2,1-2H3,(H3,11,13,15,16). The predicted molar refractivity (Wildman–Crippen MR) is 62.4 cm³/mol. The minimum atomic E-state index is -0.828. The van der Waals surface area contributed by atoms with Gasteiger partial charge in [-0.25, -0.2) is 4.79 Å². The minimum Gasteiger partial charge on any atom is -0.374 e. The first-order valence-corrected chi connectivity index (χ1v) is 5.63. The predicted octanol–water partition coefficient (Wildman–Crippen LogP) is -1.51. The van der Waals surface area contributed by atoms with E-state index in [9.17, 15) is 9.59 Å². The molecule has 17 heavy (non-hydrogen) atoms. The number of nitrogens with one attached hydrogen (secondary N) is 2. The lowest BCUT2D eigenvalue weighted by Gasteiger charge is -2.30. The molecular formula is C10H20N4O3. The Balaban J connectivity index is 2.37. The Morgan fingerprint density at radius 3 is 2.88 bits per heavy atom. The fourth-order valence-electron chi connectivity index (χ4n) is 1.64. The number of rotatable bonds is 4. The van der Waals surface area contributed by atoms with Gasteiger partial charge in [0.15, 0.2) is 0 Å². The van der Waals surface area contributed by atoms with E-state index in [1.807, 2.05) is 11.9 Å². The number of likely N-dealkylation sites (N-methyl/N-ethyl adjacent to an activating group) is 1. The van der Waals surface area contributed by atoms with Crippen LogP contribution in [0.2, 0.25) is 0 Å². The molecule has 1 heterocycles. The van der Waals surface area contributed by atoms with Crippen LogP contribution in [0.15, 0.2) is 0 Å². The van der Waals surface area contributed by atoms with Gasteiger partial charge in [0.1, 0.15) is 0 Å². The smallest absolute Gasteiger partial charge is 0.318 e. The average molecular weight is 244 g/mol. The van der Waals surface area contributed by atoms with Crippen LogP contribution in [0, 0.1) is 0 Å². The van der Waals surface area contributed by atoms with Crippen LogP contribution in [0.1, 0.15) is 6.92 Å². The molecule has 98 valence electrons. The molecule has 3 amide bonds. The molecule has 1 fully saturated rings. The van der Waals surface area contributed by atoms with Gasteiger partial charge in [0.05, 0.1) is 18.8 Å². The highest BCUT2D eigenvalue weighted by molar-refractivity contribution is 5.96. The van der Waals surface area contributed by atoms with Crippen LogP contribution in [0.4, 0.5) is 4.79 Å². The first-order chi connectivity index (χ1) is 8.00. The SMILES string of the molecule is CC(C(=O)NC(N)=O)N(C)CC1CNCCO1. The highest BCUT2D eigenvalue weighted by Crippen LogP contribution is 2.02. The molecule has 1 saturated heterocycles. The summed E-state index contributed by atoms with van der Waals surface area (Å²) < 4.78 is 5.53. The lowest BCUT2D eigenvalue weighted by molar-refractivity contribution is -0.125. The molecule has 0 aliphatic carbocycles. The third-order valence-electron chi connectivity index (χ3n) is 2.78. The summed E-state index contributed by atoms with van der Waals surface area (Å²) in [6.45, 7) is 4.65. The summed E-state index contributed by atoms with van der Waals surface area (Å²) in [5.41, 5.74) is 4.89. The maximum Gasteiger partial charge on any atom is 0.318 e. The maximum absolute atomic E-state index is 11.5. The second-order valence-corrected chi connectivity index (χ2v) is 4.17. The Labute approximate surface area is 101 Å². The van der Waals surface area contributed by atoms with E-state index in [4.69, 9.17) is 10.5 Å². The molecule has 0 radical (unpaired) electrons. The van der Waals surface area contributed by atoms with Gasteiger partial charge in [-0.1, -0.05) is 0 Å². The van der Waals surface area contributed by atoms with Crippen LogP contribution in [-0.4, -0.2) is 62.3 Å². The first-order valence-electron chi connectivity index (χ1n) is 5.63. The molecule has 2 atom stereocenters. The number of carbonyl (C=O) groups is 2. The summed E-state index contributed by atoms with van der Waals surface area (Å²) in [6, 6.07) is -1.25. The zero-order valence-electron chi connectivity index (χ0n) is 10.2. The number of amides is 3. The van der Waals surface area contributed by atoms with E-state index in [0.717, 1.165) is 13.1 Å². The van der Waals surface area contributed by atoms with E-state index in [1.54, 1.807) is 6.92 Å².